The lowest BCUT2D eigenvalue weighted by molar-refractivity contribution is -0.694. The number of pyridine rings is 1. The van der Waals surface area contributed by atoms with Gasteiger partial charge in [0, 0.05) is 24.1 Å². The zero-order valence-electron chi connectivity index (χ0n) is 12.6. The molecule has 0 amide bonds. The van der Waals surface area contributed by atoms with Crippen molar-refractivity contribution < 1.29 is 4.57 Å². The van der Waals surface area contributed by atoms with E-state index in [1.165, 1.54) is 27.9 Å². The summed E-state index contributed by atoms with van der Waals surface area (Å²) < 4.78 is 2.32. The number of hydrogen-bond donors (Lipinski definition) is 0. The summed E-state index contributed by atoms with van der Waals surface area (Å²) in [4.78, 5) is 0. The smallest absolute Gasteiger partial charge is 0.179 e. The van der Waals surface area contributed by atoms with Gasteiger partial charge in [-0.1, -0.05) is 60.7 Å². The Morgan fingerprint density at radius 1 is 0.810 bits per heavy atom. The number of hydrogen-bond acceptors (Lipinski definition) is 0. The number of benzene rings is 2. The van der Waals surface area contributed by atoms with E-state index in [1.54, 1.807) is 0 Å². The van der Waals surface area contributed by atoms with Crippen LogP contribution in [0, 0.1) is 13.8 Å². The van der Waals surface area contributed by atoms with Crippen molar-refractivity contribution in [2.24, 2.45) is 0 Å². The summed E-state index contributed by atoms with van der Waals surface area (Å²) >= 11 is 0. The molecule has 0 fully saturated rings. The maximum absolute atomic E-state index is 2.32. The predicted molar refractivity (Wildman–Crippen MR) is 87.1 cm³/mol. The lowest BCUT2D eigenvalue weighted by Gasteiger charge is -2.08. The molecule has 0 spiro atoms. The second kappa shape index (κ2) is 5.92. The first-order valence-electron chi connectivity index (χ1n) is 7.34. The molecule has 0 saturated carbocycles. The van der Waals surface area contributed by atoms with Gasteiger partial charge in [-0.05, 0) is 18.1 Å². The van der Waals surface area contributed by atoms with E-state index in [-0.39, 0.29) is 0 Å². The van der Waals surface area contributed by atoms with Gasteiger partial charge in [0.1, 0.15) is 0 Å². The van der Waals surface area contributed by atoms with Crippen LogP contribution in [-0.2, 0) is 6.54 Å². The Morgan fingerprint density at radius 2 is 1.43 bits per heavy atom. The summed E-state index contributed by atoms with van der Waals surface area (Å²) in [6.45, 7) is 5.28. The van der Waals surface area contributed by atoms with Crippen molar-refractivity contribution in [2.45, 2.75) is 20.4 Å². The third kappa shape index (κ3) is 3.03. The molecule has 1 heteroatoms. The first kappa shape index (κ1) is 13.6. The highest BCUT2D eigenvalue weighted by Crippen LogP contribution is 2.22. The molecule has 1 nitrogen and oxygen atoms in total. The summed E-state index contributed by atoms with van der Waals surface area (Å²) in [5.41, 5.74) is 6.52. The minimum Gasteiger partial charge on any atom is -0.198 e. The largest absolute Gasteiger partial charge is 0.198 e. The third-order valence-electron chi connectivity index (χ3n) is 3.86. The van der Waals surface area contributed by atoms with E-state index in [9.17, 15) is 0 Å². The number of aryl methyl sites for hydroxylation is 2. The molecule has 0 radical (unpaired) electrons. The monoisotopic (exact) mass is 274 g/mol. The van der Waals surface area contributed by atoms with Crippen molar-refractivity contribution in [3.8, 4) is 11.1 Å². The van der Waals surface area contributed by atoms with Gasteiger partial charge in [-0.25, -0.2) is 0 Å². The highest BCUT2D eigenvalue weighted by Gasteiger charge is 2.12. The molecule has 0 aliphatic rings. The summed E-state index contributed by atoms with van der Waals surface area (Å²) in [7, 11) is 0. The minimum absolute atomic E-state index is 0.919. The quantitative estimate of drug-likeness (QED) is 0.627. The van der Waals surface area contributed by atoms with Crippen molar-refractivity contribution in [3.63, 3.8) is 0 Å². The molecule has 0 saturated heterocycles. The summed E-state index contributed by atoms with van der Waals surface area (Å²) in [6, 6.07) is 23.5. The van der Waals surface area contributed by atoms with Crippen LogP contribution in [0.5, 0.6) is 0 Å². The molecule has 21 heavy (non-hydrogen) atoms. The summed E-state index contributed by atoms with van der Waals surface area (Å²) in [5, 5.41) is 0. The molecule has 0 atom stereocenters. The van der Waals surface area contributed by atoms with E-state index in [2.05, 4.69) is 91.3 Å². The zero-order valence-corrected chi connectivity index (χ0v) is 12.6. The van der Waals surface area contributed by atoms with Crippen LogP contribution in [0.25, 0.3) is 11.1 Å². The first-order chi connectivity index (χ1) is 10.2. The van der Waals surface area contributed by atoms with E-state index >= 15 is 0 Å². The lowest BCUT2D eigenvalue weighted by Crippen LogP contribution is -2.37. The molecule has 1 heterocycles. The third-order valence-corrected chi connectivity index (χ3v) is 3.86. The number of aromatic nitrogens is 1. The Hall–Kier alpha value is -2.41. The fraction of sp³-hybridized carbons (Fsp3) is 0.150. The van der Waals surface area contributed by atoms with E-state index in [0.29, 0.717) is 0 Å². The van der Waals surface area contributed by atoms with Gasteiger partial charge in [0.2, 0.25) is 0 Å². The second-order valence-corrected chi connectivity index (χ2v) is 5.49. The topological polar surface area (TPSA) is 3.88 Å². The van der Waals surface area contributed by atoms with Crippen LogP contribution in [-0.4, -0.2) is 0 Å². The van der Waals surface area contributed by atoms with Crippen molar-refractivity contribution in [3.05, 3.63) is 89.7 Å². The minimum atomic E-state index is 0.919. The zero-order chi connectivity index (χ0) is 14.7. The highest BCUT2D eigenvalue weighted by atomic mass is 14.9. The van der Waals surface area contributed by atoms with Crippen molar-refractivity contribution in [1.82, 2.24) is 0 Å². The fourth-order valence-corrected chi connectivity index (χ4v) is 2.69. The van der Waals surface area contributed by atoms with Crippen LogP contribution < -0.4 is 4.57 Å². The standard InChI is InChI=1S/C20H20N/c1-16-14-21(15-18-9-5-3-6-10-18)17(2)13-20(16)19-11-7-4-8-12-19/h3-14H,15H2,1-2H3/q+1. The van der Waals surface area contributed by atoms with E-state index in [0.717, 1.165) is 6.54 Å². The molecule has 0 aliphatic carbocycles. The van der Waals surface area contributed by atoms with Crippen molar-refractivity contribution >= 4 is 0 Å². The Labute approximate surface area is 126 Å². The molecular weight excluding hydrogens is 254 g/mol. The maximum atomic E-state index is 2.32. The molecule has 1 aromatic heterocycles. The Morgan fingerprint density at radius 3 is 2.10 bits per heavy atom. The highest BCUT2D eigenvalue weighted by molar-refractivity contribution is 5.66. The normalized spacial score (nSPS) is 10.6. The molecule has 3 aromatic rings. The van der Waals surface area contributed by atoms with Crippen LogP contribution in [0.3, 0.4) is 0 Å². The molecule has 0 N–H and O–H groups in total. The van der Waals surface area contributed by atoms with Crippen molar-refractivity contribution in [1.29, 1.82) is 0 Å². The molecule has 2 aromatic carbocycles. The van der Waals surface area contributed by atoms with Gasteiger partial charge in [-0.15, -0.1) is 0 Å². The number of nitrogens with zero attached hydrogens (tertiary/aromatic N) is 1. The van der Waals surface area contributed by atoms with E-state index < -0.39 is 0 Å². The number of rotatable bonds is 3. The van der Waals surface area contributed by atoms with Gasteiger partial charge in [0.05, 0.1) is 0 Å². The van der Waals surface area contributed by atoms with Gasteiger partial charge < -0.3 is 0 Å². The summed E-state index contributed by atoms with van der Waals surface area (Å²) in [6.07, 6.45) is 2.25. The van der Waals surface area contributed by atoms with Gasteiger partial charge in [0.15, 0.2) is 18.4 Å². The van der Waals surface area contributed by atoms with Gasteiger partial charge in [-0.3, -0.25) is 0 Å². The SMILES string of the molecule is Cc1c[n+](Cc2ccccc2)c(C)cc1-c1ccccc1. The molecule has 0 aliphatic heterocycles. The van der Waals surface area contributed by atoms with Crippen LogP contribution in [0.4, 0.5) is 0 Å². The Balaban J connectivity index is 1.97. The molecular formula is C20H20N+. The second-order valence-electron chi connectivity index (χ2n) is 5.49. The molecule has 104 valence electrons. The van der Waals surface area contributed by atoms with Crippen LogP contribution >= 0.6 is 0 Å². The lowest BCUT2D eigenvalue weighted by atomic mass is 10.0. The fourth-order valence-electron chi connectivity index (χ4n) is 2.69. The maximum Gasteiger partial charge on any atom is 0.179 e. The van der Waals surface area contributed by atoms with Crippen LogP contribution in [0.15, 0.2) is 72.9 Å². The Kier molecular flexibility index (Phi) is 3.83. The Bertz CT molecular complexity index is 731. The predicted octanol–water partition coefficient (Wildman–Crippen LogP) is 4.31. The molecule has 0 unspecified atom stereocenters. The average molecular weight is 274 g/mol. The van der Waals surface area contributed by atoms with Crippen LogP contribution in [0.2, 0.25) is 0 Å². The average Bonchev–Trinajstić information content (AvgIpc) is 2.52. The summed E-state index contributed by atoms with van der Waals surface area (Å²) in [5.74, 6) is 0. The first-order valence-corrected chi connectivity index (χ1v) is 7.34. The molecule has 3 rings (SSSR count). The van der Waals surface area contributed by atoms with Gasteiger partial charge in [0.25, 0.3) is 0 Å². The van der Waals surface area contributed by atoms with Crippen LogP contribution in [0.1, 0.15) is 16.8 Å². The van der Waals surface area contributed by atoms with Gasteiger partial charge in [-0.2, -0.15) is 4.57 Å². The van der Waals surface area contributed by atoms with Crippen molar-refractivity contribution in [2.75, 3.05) is 0 Å². The van der Waals surface area contributed by atoms with E-state index in [1.807, 2.05) is 0 Å². The molecule has 0 bridgehead atoms. The van der Waals surface area contributed by atoms with Gasteiger partial charge >= 0.3 is 0 Å². The van der Waals surface area contributed by atoms with E-state index in [4.69, 9.17) is 0 Å².